The topological polar surface area (TPSA) is 0 Å². The maximum atomic E-state index is 7.29. The van der Waals surface area contributed by atoms with E-state index in [9.17, 15) is 0 Å². The smallest absolute Gasteiger partial charge is 0.793 e. The molecule has 20 heavy (non-hydrogen) atoms. The molecule has 0 rings (SSSR count). The molecule has 0 aromatic heterocycles. The maximum Gasteiger partial charge on any atom is 1.00 e. The zero-order valence-electron chi connectivity index (χ0n) is 15.5. The first-order valence-electron chi connectivity index (χ1n) is 9.76. The third-order valence-corrected chi connectivity index (χ3v) is 4.09. The summed E-state index contributed by atoms with van der Waals surface area (Å²) in [4.78, 5) is 0. The minimum atomic E-state index is -1.38. The van der Waals surface area contributed by atoms with Crippen molar-refractivity contribution in [1.82, 2.24) is 0 Å². The summed E-state index contributed by atoms with van der Waals surface area (Å²) >= 11 is 4.72. The number of unbranched alkanes of at least 4 members (excludes halogenated alkanes) is 14. The van der Waals surface area contributed by atoms with Gasteiger partial charge in [-0.2, -0.15) is 5.70 Å². The Labute approximate surface area is 153 Å². The van der Waals surface area contributed by atoms with Crippen molar-refractivity contribution < 1.29 is 25.1 Å². The Morgan fingerprint density at radius 2 is 0.800 bits per heavy atom. The molecule has 0 radical (unpaired) electrons. The molecule has 0 N–H and O–H groups in total. The average molecular weight is 395 g/mol. The van der Waals surface area contributed by atoms with Crippen molar-refractivity contribution in [2.24, 2.45) is 0 Å². The molecule has 0 aliphatic rings. The summed E-state index contributed by atoms with van der Waals surface area (Å²) in [6, 6.07) is 0. The molecule has 2 heteroatoms. The second-order valence-electron chi connectivity index (χ2n) is 5.84. The fraction of sp³-hybridized carbons (Fsp3) is 1.00. The van der Waals surface area contributed by atoms with Gasteiger partial charge in [-0.05, 0) is 2.74 Å². The molecule has 0 amide bonds. The standard InChI is InChI=1S/C18H38S.Ag/c1-2-3-4-5-6-7-8-9-10-11-12-13-14-15-16-17-18-19;/h19H,2-18H2,1H3;/q;+1/p-1/i18D2;. The van der Waals surface area contributed by atoms with E-state index >= 15 is 0 Å². The van der Waals surface area contributed by atoms with Crippen LogP contribution < -0.4 is 0 Å². The van der Waals surface area contributed by atoms with Crippen LogP contribution in [0.5, 0.6) is 0 Å². The van der Waals surface area contributed by atoms with Crippen LogP contribution in [0.15, 0.2) is 0 Å². The van der Waals surface area contributed by atoms with Crippen molar-refractivity contribution in [1.29, 1.82) is 0 Å². The minimum Gasteiger partial charge on any atom is -0.793 e. The van der Waals surface area contributed by atoms with Gasteiger partial charge >= 0.3 is 22.4 Å². The second kappa shape index (κ2) is 22.4. The second-order valence-corrected chi connectivity index (χ2v) is 6.13. The molecular formula is C18H37AgS. The van der Waals surface area contributed by atoms with Crippen molar-refractivity contribution >= 4 is 12.6 Å². The van der Waals surface area contributed by atoms with Gasteiger partial charge in [0.1, 0.15) is 0 Å². The van der Waals surface area contributed by atoms with Crippen molar-refractivity contribution in [2.45, 2.75) is 110 Å². The normalized spacial score (nSPS) is 12.7. The Morgan fingerprint density at radius 1 is 0.550 bits per heavy atom. The van der Waals surface area contributed by atoms with Crippen LogP contribution in [0.2, 0.25) is 0 Å². The van der Waals surface area contributed by atoms with Gasteiger partial charge in [-0.15, -0.1) is 0 Å². The van der Waals surface area contributed by atoms with Gasteiger partial charge in [-0.25, -0.2) is 0 Å². The molecule has 0 spiro atoms. The van der Waals surface area contributed by atoms with E-state index in [4.69, 9.17) is 15.4 Å². The van der Waals surface area contributed by atoms with Gasteiger partial charge in [-0.3, -0.25) is 0 Å². The third kappa shape index (κ3) is 21.4. The summed E-state index contributed by atoms with van der Waals surface area (Å²) in [6.07, 6.45) is 20.7. The first kappa shape index (κ1) is 19.1. The van der Waals surface area contributed by atoms with Crippen LogP contribution in [0.25, 0.3) is 0 Å². The van der Waals surface area contributed by atoms with Gasteiger partial charge in [0.15, 0.2) is 0 Å². The van der Waals surface area contributed by atoms with Gasteiger partial charge in [0.05, 0.1) is 0 Å². The molecule has 0 aliphatic carbocycles. The number of hydrogen-bond donors (Lipinski definition) is 0. The molecule has 0 aromatic carbocycles. The van der Waals surface area contributed by atoms with Crippen LogP contribution in [-0.4, -0.2) is 5.70 Å². The first-order chi connectivity index (χ1) is 10.1. The summed E-state index contributed by atoms with van der Waals surface area (Å²) in [5, 5.41) is 0. The van der Waals surface area contributed by atoms with Crippen LogP contribution >= 0.6 is 0 Å². The maximum absolute atomic E-state index is 7.29. The molecule has 0 heterocycles. The quantitative estimate of drug-likeness (QED) is 0.157. The summed E-state index contributed by atoms with van der Waals surface area (Å²) in [5.74, 6) is 0. The number of hydrogen-bond acceptors (Lipinski definition) is 1. The zero-order valence-corrected chi connectivity index (χ0v) is 15.8. The molecule has 0 bridgehead atoms. The Kier molecular flexibility index (Phi) is 21.4. The Bertz CT molecular complexity index is 208. The summed E-state index contributed by atoms with van der Waals surface area (Å²) in [6.45, 7) is 2.27. The molecule has 0 atom stereocenters. The summed E-state index contributed by atoms with van der Waals surface area (Å²) in [5.41, 5.74) is -1.38. The Hall–Kier alpha value is 1.09. The van der Waals surface area contributed by atoms with Gasteiger partial charge in [0.2, 0.25) is 0 Å². The SMILES string of the molecule is [2H]C([2H])([S-])CCCCCCCCCCCCCCCCC.[Ag+]. The van der Waals surface area contributed by atoms with E-state index in [1.807, 2.05) is 0 Å². The monoisotopic (exact) mass is 394 g/mol. The predicted octanol–water partition coefficient (Wildman–Crippen LogP) is 6.79. The van der Waals surface area contributed by atoms with Crippen molar-refractivity contribution in [2.75, 3.05) is 5.70 Å². The predicted molar refractivity (Wildman–Crippen MR) is 91.8 cm³/mol. The Balaban J connectivity index is 0. The molecule has 0 nitrogen and oxygen atoms in total. The van der Waals surface area contributed by atoms with Crippen molar-refractivity contribution in [3.63, 3.8) is 0 Å². The molecule has 0 aromatic rings. The molecule has 0 saturated heterocycles. The molecule has 0 aliphatic heterocycles. The zero-order chi connectivity index (χ0) is 15.8. The van der Waals surface area contributed by atoms with E-state index in [0.29, 0.717) is 6.42 Å². The summed E-state index contributed by atoms with van der Waals surface area (Å²) < 4.78 is 14.6. The molecular weight excluding hydrogens is 356 g/mol. The van der Waals surface area contributed by atoms with E-state index in [2.05, 4.69) is 6.92 Å². The van der Waals surface area contributed by atoms with Gasteiger partial charge in [0, 0.05) is 0 Å². The van der Waals surface area contributed by atoms with E-state index in [1.54, 1.807) is 0 Å². The van der Waals surface area contributed by atoms with Gasteiger partial charge < -0.3 is 12.6 Å². The molecule has 0 saturated carbocycles. The number of rotatable bonds is 16. The fourth-order valence-electron chi connectivity index (χ4n) is 2.57. The van der Waals surface area contributed by atoms with E-state index in [-0.39, 0.29) is 22.4 Å². The van der Waals surface area contributed by atoms with E-state index in [1.165, 1.54) is 83.5 Å². The largest absolute Gasteiger partial charge is 1.00 e. The van der Waals surface area contributed by atoms with Crippen LogP contribution in [0, 0.1) is 0 Å². The van der Waals surface area contributed by atoms with Crippen LogP contribution in [0.4, 0.5) is 0 Å². The van der Waals surface area contributed by atoms with Crippen LogP contribution in [-0.2, 0) is 35.0 Å². The van der Waals surface area contributed by atoms with Crippen molar-refractivity contribution in [3.8, 4) is 0 Å². The van der Waals surface area contributed by atoms with Gasteiger partial charge in [0.25, 0.3) is 0 Å². The molecule has 126 valence electrons. The molecule has 0 unspecified atom stereocenters. The third-order valence-electron chi connectivity index (χ3n) is 3.88. The van der Waals surface area contributed by atoms with Gasteiger partial charge in [-0.1, -0.05) is 110 Å². The average Bonchev–Trinajstić information content (AvgIpc) is 2.42. The minimum absolute atomic E-state index is 0. The van der Waals surface area contributed by atoms with Crippen LogP contribution in [0.3, 0.4) is 0 Å². The van der Waals surface area contributed by atoms with Crippen LogP contribution in [0.1, 0.15) is 112 Å². The fourth-order valence-corrected chi connectivity index (χ4v) is 2.71. The van der Waals surface area contributed by atoms with Crippen molar-refractivity contribution in [3.05, 3.63) is 0 Å². The van der Waals surface area contributed by atoms with E-state index < -0.39 is 5.70 Å². The Morgan fingerprint density at radius 3 is 1.05 bits per heavy atom. The molecule has 0 fully saturated rings. The van der Waals surface area contributed by atoms with E-state index in [0.717, 1.165) is 12.8 Å². The first-order valence-corrected chi connectivity index (χ1v) is 9.17. The summed E-state index contributed by atoms with van der Waals surface area (Å²) in [7, 11) is 0.